The average Bonchev–Trinajstić information content (AvgIpc) is 2.25. The predicted octanol–water partition coefficient (Wildman–Crippen LogP) is 3.55. The fourth-order valence-electron chi connectivity index (χ4n) is 2.02. The van der Waals surface area contributed by atoms with Crippen LogP contribution in [0.4, 0.5) is 13.2 Å². The highest BCUT2D eigenvalue weighted by Crippen LogP contribution is 2.39. The molecule has 0 aliphatic heterocycles. The highest BCUT2D eigenvalue weighted by atomic mass is 19.4. The van der Waals surface area contributed by atoms with Gasteiger partial charge in [-0.2, -0.15) is 13.2 Å². The Bertz CT molecular complexity index is 253. The number of halogens is 3. The van der Waals surface area contributed by atoms with Gasteiger partial charge in [-0.1, -0.05) is 13.8 Å². The molecule has 100 valence electrons. The van der Waals surface area contributed by atoms with Crippen LogP contribution in [0.25, 0.3) is 0 Å². The molecule has 0 radical (unpaired) electrons. The van der Waals surface area contributed by atoms with Crippen LogP contribution in [0, 0.1) is 17.8 Å². The van der Waals surface area contributed by atoms with E-state index in [-0.39, 0.29) is 37.3 Å². The first-order valence-electron chi connectivity index (χ1n) is 6.04. The van der Waals surface area contributed by atoms with Crippen LogP contribution in [0.2, 0.25) is 0 Å². The van der Waals surface area contributed by atoms with E-state index >= 15 is 0 Å². The maximum absolute atomic E-state index is 12.4. The lowest BCUT2D eigenvalue weighted by Gasteiger charge is -2.29. The van der Waals surface area contributed by atoms with E-state index < -0.39 is 12.1 Å². The van der Waals surface area contributed by atoms with E-state index in [1.54, 1.807) is 13.8 Å². The average molecular weight is 252 g/mol. The van der Waals surface area contributed by atoms with Gasteiger partial charge in [0.25, 0.3) is 0 Å². The summed E-state index contributed by atoms with van der Waals surface area (Å²) in [6.07, 6.45) is -2.76. The molecule has 5 heteroatoms. The molecule has 0 amide bonds. The van der Waals surface area contributed by atoms with E-state index in [2.05, 4.69) is 0 Å². The molecule has 1 aliphatic carbocycles. The SMILES string of the molecule is CC(C)C(=O)OC[C@H]1CC[C@H](C(F)(F)F)CC1. The minimum absolute atomic E-state index is 0.0938. The molecule has 0 atom stereocenters. The number of hydrogen-bond donors (Lipinski definition) is 0. The van der Waals surface area contributed by atoms with E-state index in [0.29, 0.717) is 12.8 Å². The number of rotatable bonds is 3. The van der Waals surface area contributed by atoms with Gasteiger partial charge in [0.05, 0.1) is 18.4 Å². The zero-order chi connectivity index (χ0) is 13.1. The largest absolute Gasteiger partial charge is 0.465 e. The molecule has 2 nitrogen and oxygen atoms in total. The second-order valence-electron chi connectivity index (χ2n) is 5.04. The van der Waals surface area contributed by atoms with Crippen molar-refractivity contribution in [1.82, 2.24) is 0 Å². The van der Waals surface area contributed by atoms with Gasteiger partial charge in [-0.3, -0.25) is 4.79 Å². The molecule has 0 aromatic rings. The molecule has 0 unspecified atom stereocenters. The first-order valence-corrected chi connectivity index (χ1v) is 6.04. The van der Waals surface area contributed by atoms with Gasteiger partial charge in [0, 0.05) is 0 Å². The van der Waals surface area contributed by atoms with E-state index in [0.717, 1.165) is 0 Å². The Kier molecular flexibility index (Phi) is 4.83. The lowest BCUT2D eigenvalue weighted by atomic mass is 9.82. The van der Waals surface area contributed by atoms with Crippen molar-refractivity contribution in [3.8, 4) is 0 Å². The fraction of sp³-hybridized carbons (Fsp3) is 0.917. The second-order valence-corrected chi connectivity index (χ2v) is 5.04. The summed E-state index contributed by atoms with van der Waals surface area (Å²) in [5.41, 5.74) is 0. The molecule has 1 aliphatic rings. The summed E-state index contributed by atoms with van der Waals surface area (Å²) in [4.78, 5) is 11.2. The molecule has 0 heterocycles. The van der Waals surface area contributed by atoms with Crippen LogP contribution in [0.1, 0.15) is 39.5 Å². The quantitative estimate of drug-likeness (QED) is 0.718. The van der Waals surface area contributed by atoms with Gasteiger partial charge in [0.2, 0.25) is 0 Å². The highest BCUT2D eigenvalue weighted by Gasteiger charge is 2.41. The molecule has 17 heavy (non-hydrogen) atoms. The molecule has 0 aromatic heterocycles. The van der Waals surface area contributed by atoms with E-state index in [9.17, 15) is 18.0 Å². The predicted molar refractivity (Wildman–Crippen MR) is 57.3 cm³/mol. The summed E-state index contributed by atoms with van der Waals surface area (Å²) >= 11 is 0. The Morgan fingerprint density at radius 2 is 1.76 bits per heavy atom. The third-order valence-electron chi connectivity index (χ3n) is 3.24. The maximum atomic E-state index is 12.4. The molecule has 1 fully saturated rings. The zero-order valence-corrected chi connectivity index (χ0v) is 10.2. The van der Waals surface area contributed by atoms with E-state index in [4.69, 9.17) is 4.74 Å². The van der Waals surface area contributed by atoms with Crippen molar-refractivity contribution in [2.24, 2.45) is 17.8 Å². The van der Waals surface area contributed by atoms with Gasteiger partial charge in [0.15, 0.2) is 0 Å². The molecule has 0 bridgehead atoms. The maximum Gasteiger partial charge on any atom is 0.391 e. The van der Waals surface area contributed by atoms with Crippen molar-refractivity contribution in [1.29, 1.82) is 0 Å². The molecular formula is C12H19F3O2. The second kappa shape index (κ2) is 5.74. The Labute approximate surface area is 99.5 Å². The van der Waals surface area contributed by atoms with Crippen LogP contribution in [-0.4, -0.2) is 18.8 Å². The highest BCUT2D eigenvalue weighted by molar-refractivity contribution is 5.71. The smallest absolute Gasteiger partial charge is 0.391 e. The molecular weight excluding hydrogens is 233 g/mol. The van der Waals surface area contributed by atoms with Crippen molar-refractivity contribution in [2.75, 3.05) is 6.61 Å². The van der Waals surface area contributed by atoms with Gasteiger partial charge < -0.3 is 4.74 Å². The first kappa shape index (κ1) is 14.3. The van der Waals surface area contributed by atoms with Gasteiger partial charge in [-0.25, -0.2) is 0 Å². The Balaban J connectivity index is 2.26. The van der Waals surface area contributed by atoms with Crippen molar-refractivity contribution < 1.29 is 22.7 Å². The number of ether oxygens (including phenoxy) is 1. The number of carbonyl (C=O) groups is 1. The lowest BCUT2D eigenvalue weighted by Crippen LogP contribution is -2.29. The van der Waals surface area contributed by atoms with Crippen molar-refractivity contribution in [2.45, 2.75) is 45.7 Å². The van der Waals surface area contributed by atoms with E-state index in [1.807, 2.05) is 0 Å². The summed E-state index contributed by atoms with van der Waals surface area (Å²) in [7, 11) is 0. The summed E-state index contributed by atoms with van der Waals surface area (Å²) in [6, 6.07) is 0. The van der Waals surface area contributed by atoms with Gasteiger partial charge in [-0.05, 0) is 31.6 Å². The standard InChI is InChI=1S/C12H19F3O2/c1-8(2)11(16)17-7-9-3-5-10(6-4-9)12(13,14)15/h8-10H,3-7H2,1-2H3/t9-,10-. The molecule has 0 spiro atoms. The van der Waals surface area contributed by atoms with Crippen LogP contribution < -0.4 is 0 Å². The normalized spacial score (nSPS) is 26.0. The van der Waals surface area contributed by atoms with Crippen LogP contribution in [0.5, 0.6) is 0 Å². The zero-order valence-electron chi connectivity index (χ0n) is 10.2. The third-order valence-corrected chi connectivity index (χ3v) is 3.24. The summed E-state index contributed by atoms with van der Waals surface area (Å²) < 4.78 is 42.3. The minimum atomic E-state index is -4.07. The first-order chi connectivity index (χ1) is 7.80. The van der Waals surface area contributed by atoms with Crippen LogP contribution >= 0.6 is 0 Å². The van der Waals surface area contributed by atoms with Crippen LogP contribution in [-0.2, 0) is 9.53 Å². The summed E-state index contributed by atoms with van der Waals surface area (Å²) in [5.74, 6) is -1.53. The van der Waals surface area contributed by atoms with Crippen LogP contribution in [0.15, 0.2) is 0 Å². The van der Waals surface area contributed by atoms with Crippen LogP contribution in [0.3, 0.4) is 0 Å². The number of carbonyl (C=O) groups excluding carboxylic acids is 1. The number of hydrogen-bond acceptors (Lipinski definition) is 2. The third kappa shape index (κ3) is 4.56. The number of alkyl halides is 3. The Morgan fingerprint density at radius 3 is 2.18 bits per heavy atom. The van der Waals surface area contributed by atoms with Crippen molar-refractivity contribution in [3.05, 3.63) is 0 Å². The monoisotopic (exact) mass is 252 g/mol. The van der Waals surface area contributed by atoms with Crippen molar-refractivity contribution >= 4 is 5.97 Å². The van der Waals surface area contributed by atoms with Gasteiger partial charge in [0.1, 0.15) is 0 Å². The Hall–Kier alpha value is -0.740. The summed E-state index contributed by atoms with van der Waals surface area (Å²) in [5, 5.41) is 0. The molecule has 1 rings (SSSR count). The molecule has 0 aromatic carbocycles. The number of esters is 1. The lowest BCUT2D eigenvalue weighted by molar-refractivity contribution is -0.185. The minimum Gasteiger partial charge on any atom is -0.465 e. The van der Waals surface area contributed by atoms with E-state index in [1.165, 1.54) is 0 Å². The molecule has 0 saturated heterocycles. The van der Waals surface area contributed by atoms with Crippen molar-refractivity contribution in [3.63, 3.8) is 0 Å². The molecule has 1 saturated carbocycles. The molecule has 0 N–H and O–H groups in total. The summed E-state index contributed by atoms with van der Waals surface area (Å²) in [6.45, 7) is 3.74. The van der Waals surface area contributed by atoms with Gasteiger partial charge >= 0.3 is 12.1 Å². The fourth-order valence-corrected chi connectivity index (χ4v) is 2.02. The Morgan fingerprint density at radius 1 is 1.24 bits per heavy atom. The topological polar surface area (TPSA) is 26.3 Å². The van der Waals surface area contributed by atoms with Gasteiger partial charge in [-0.15, -0.1) is 0 Å².